The molecule has 1 aromatic carbocycles. The molecule has 2 amide bonds. The van der Waals surface area contributed by atoms with Crippen molar-refractivity contribution in [1.82, 2.24) is 10.2 Å². The standard InChI is InChI=1S/C16H20N2O5/c1-10-4-12(15(19)20)8-18(7-10)16(21)17-6-11-2-3-13-14(5-11)23-9-22-13/h2-3,5,10,12H,4,6-9H2,1H3,(H,17,21)(H,19,20). The van der Waals surface area contributed by atoms with E-state index >= 15 is 0 Å². The summed E-state index contributed by atoms with van der Waals surface area (Å²) in [4.78, 5) is 25.0. The molecule has 1 aromatic rings. The van der Waals surface area contributed by atoms with Gasteiger partial charge in [0.15, 0.2) is 11.5 Å². The van der Waals surface area contributed by atoms with E-state index in [1.165, 1.54) is 0 Å². The van der Waals surface area contributed by atoms with E-state index in [9.17, 15) is 9.59 Å². The quantitative estimate of drug-likeness (QED) is 0.884. The molecule has 23 heavy (non-hydrogen) atoms. The molecule has 1 fully saturated rings. The Labute approximate surface area is 134 Å². The van der Waals surface area contributed by atoms with Crippen LogP contribution in [0.2, 0.25) is 0 Å². The maximum atomic E-state index is 12.3. The van der Waals surface area contributed by atoms with E-state index in [1.54, 1.807) is 4.90 Å². The van der Waals surface area contributed by atoms with Crippen LogP contribution in [0, 0.1) is 11.8 Å². The molecule has 0 aromatic heterocycles. The molecule has 0 radical (unpaired) electrons. The Bertz CT molecular complexity index is 618. The smallest absolute Gasteiger partial charge is 0.317 e. The van der Waals surface area contributed by atoms with Gasteiger partial charge in [-0.1, -0.05) is 13.0 Å². The van der Waals surface area contributed by atoms with E-state index in [4.69, 9.17) is 14.6 Å². The third-order valence-electron chi connectivity index (χ3n) is 4.18. The predicted molar refractivity (Wildman–Crippen MR) is 81.3 cm³/mol. The predicted octanol–water partition coefficient (Wildman–Crippen LogP) is 1.67. The number of ether oxygens (including phenoxy) is 2. The number of piperidine rings is 1. The first-order valence-corrected chi connectivity index (χ1v) is 7.67. The van der Waals surface area contributed by atoms with Crippen molar-refractivity contribution in [1.29, 1.82) is 0 Å². The van der Waals surface area contributed by atoms with E-state index in [1.807, 2.05) is 25.1 Å². The number of carboxylic acids is 1. The van der Waals surface area contributed by atoms with Gasteiger partial charge >= 0.3 is 12.0 Å². The number of hydrogen-bond donors (Lipinski definition) is 2. The van der Waals surface area contributed by atoms with Crippen LogP contribution in [0.4, 0.5) is 4.79 Å². The third-order valence-corrected chi connectivity index (χ3v) is 4.18. The molecule has 2 aliphatic rings. The normalized spacial score (nSPS) is 22.7. The molecule has 7 heteroatoms. The maximum absolute atomic E-state index is 12.3. The third kappa shape index (κ3) is 3.49. The van der Waals surface area contributed by atoms with Gasteiger partial charge in [-0.05, 0) is 30.0 Å². The molecule has 2 heterocycles. The topological polar surface area (TPSA) is 88.1 Å². The van der Waals surface area contributed by atoms with Crippen LogP contribution < -0.4 is 14.8 Å². The van der Waals surface area contributed by atoms with Crippen molar-refractivity contribution < 1.29 is 24.2 Å². The van der Waals surface area contributed by atoms with Gasteiger partial charge in [-0.3, -0.25) is 4.79 Å². The van der Waals surface area contributed by atoms with E-state index in [2.05, 4.69) is 5.32 Å². The van der Waals surface area contributed by atoms with Crippen LogP contribution in [-0.2, 0) is 11.3 Å². The highest BCUT2D eigenvalue weighted by molar-refractivity contribution is 5.76. The van der Waals surface area contributed by atoms with Crippen molar-refractivity contribution in [2.24, 2.45) is 11.8 Å². The highest BCUT2D eigenvalue weighted by Crippen LogP contribution is 2.32. The number of carbonyl (C=O) groups is 2. The molecule has 7 nitrogen and oxygen atoms in total. The number of urea groups is 1. The molecule has 2 N–H and O–H groups in total. The lowest BCUT2D eigenvalue weighted by Gasteiger charge is -2.34. The van der Waals surface area contributed by atoms with Gasteiger partial charge in [-0.15, -0.1) is 0 Å². The van der Waals surface area contributed by atoms with Crippen LogP contribution >= 0.6 is 0 Å². The Morgan fingerprint density at radius 1 is 1.30 bits per heavy atom. The van der Waals surface area contributed by atoms with Crippen LogP contribution in [-0.4, -0.2) is 41.9 Å². The fourth-order valence-corrected chi connectivity index (χ4v) is 3.04. The lowest BCUT2D eigenvalue weighted by atomic mass is 9.91. The molecular formula is C16H20N2O5. The summed E-state index contributed by atoms with van der Waals surface area (Å²) >= 11 is 0. The summed E-state index contributed by atoms with van der Waals surface area (Å²) in [7, 11) is 0. The van der Waals surface area contributed by atoms with Gasteiger partial charge < -0.3 is 24.8 Å². The lowest BCUT2D eigenvalue weighted by molar-refractivity contribution is -0.143. The number of fused-ring (bicyclic) bond motifs is 1. The first-order valence-electron chi connectivity index (χ1n) is 7.67. The molecule has 1 saturated heterocycles. The SMILES string of the molecule is CC1CC(C(=O)O)CN(C(=O)NCc2ccc3c(c2)OCO3)C1. The molecule has 2 atom stereocenters. The summed E-state index contributed by atoms with van der Waals surface area (Å²) in [6, 6.07) is 5.28. The first kappa shape index (κ1) is 15.5. The highest BCUT2D eigenvalue weighted by atomic mass is 16.7. The fourth-order valence-electron chi connectivity index (χ4n) is 3.04. The summed E-state index contributed by atoms with van der Waals surface area (Å²) < 4.78 is 10.6. The van der Waals surface area contributed by atoms with E-state index in [0.29, 0.717) is 31.0 Å². The van der Waals surface area contributed by atoms with Crippen LogP contribution in [0.15, 0.2) is 18.2 Å². The highest BCUT2D eigenvalue weighted by Gasteiger charge is 2.31. The zero-order valence-corrected chi connectivity index (χ0v) is 12.9. The molecule has 124 valence electrons. The Balaban J connectivity index is 1.57. The van der Waals surface area contributed by atoms with Gasteiger partial charge in [0, 0.05) is 19.6 Å². The number of hydrogen-bond acceptors (Lipinski definition) is 4. The van der Waals surface area contributed by atoms with Gasteiger partial charge in [0.25, 0.3) is 0 Å². The van der Waals surface area contributed by atoms with Gasteiger partial charge in [0.2, 0.25) is 6.79 Å². The van der Waals surface area contributed by atoms with Crippen LogP contribution in [0.5, 0.6) is 11.5 Å². The zero-order chi connectivity index (χ0) is 16.4. The van der Waals surface area contributed by atoms with Crippen molar-refractivity contribution in [3.8, 4) is 11.5 Å². The second-order valence-electron chi connectivity index (χ2n) is 6.13. The van der Waals surface area contributed by atoms with Crippen molar-refractivity contribution >= 4 is 12.0 Å². The summed E-state index contributed by atoms with van der Waals surface area (Å²) in [5, 5.41) is 12.0. The molecular weight excluding hydrogens is 300 g/mol. The largest absolute Gasteiger partial charge is 0.481 e. The number of benzene rings is 1. The second kappa shape index (κ2) is 6.36. The summed E-state index contributed by atoms with van der Waals surface area (Å²) in [6.45, 7) is 3.38. The number of carbonyl (C=O) groups excluding carboxylic acids is 1. The number of amides is 2. The first-order chi connectivity index (χ1) is 11.0. The minimum absolute atomic E-state index is 0.182. The summed E-state index contributed by atoms with van der Waals surface area (Å²) in [5.41, 5.74) is 0.905. The Hall–Kier alpha value is -2.44. The molecule has 0 saturated carbocycles. The maximum Gasteiger partial charge on any atom is 0.317 e. The Morgan fingerprint density at radius 2 is 2.09 bits per heavy atom. The monoisotopic (exact) mass is 320 g/mol. The van der Waals surface area contributed by atoms with Crippen molar-refractivity contribution in [2.75, 3.05) is 19.9 Å². The minimum Gasteiger partial charge on any atom is -0.481 e. The fraction of sp³-hybridized carbons (Fsp3) is 0.500. The molecule has 0 aliphatic carbocycles. The molecule has 2 unspecified atom stereocenters. The van der Waals surface area contributed by atoms with Crippen molar-refractivity contribution in [3.05, 3.63) is 23.8 Å². The molecule has 3 rings (SSSR count). The lowest BCUT2D eigenvalue weighted by Crippen LogP contribution is -2.49. The van der Waals surface area contributed by atoms with Gasteiger partial charge in [0.05, 0.1) is 5.92 Å². The number of rotatable bonds is 3. The van der Waals surface area contributed by atoms with Crippen molar-refractivity contribution in [3.63, 3.8) is 0 Å². The average molecular weight is 320 g/mol. The van der Waals surface area contributed by atoms with Gasteiger partial charge in [0.1, 0.15) is 0 Å². The number of nitrogens with zero attached hydrogens (tertiary/aromatic N) is 1. The van der Waals surface area contributed by atoms with Crippen molar-refractivity contribution in [2.45, 2.75) is 19.9 Å². The number of aliphatic carboxylic acids is 1. The average Bonchev–Trinajstić information content (AvgIpc) is 2.99. The van der Waals surface area contributed by atoms with E-state index < -0.39 is 11.9 Å². The van der Waals surface area contributed by atoms with Gasteiger partial charge in [-0.2, -0.15) is 0 Å². The summed E-state index contributed by atoms with van der Waals surface area (Å²) in [6.07, 6.45) is 0.612. The Kier molecular flexibility index (Phi) is 4.27. The molecule has 0 spiro atoms. The van der Waals surface area contributed by atoms with Crippen LogP contribution in [0.1, 0.15) is 18.9 Å². The minimum atomic E-state index is -0.842. The van der Waals surface area contributed by atoms with Gasteiger partial charge in [-0.25, -0.2) is 4.79 Å². The number of likely N-dealkylation sites (tertiary alicyclic amines) is 1. The number of nitrogens with one attached hydrogen (secondary N) is 1. The summed E-state index contributed by atoms with van der Waals surface area (Å²) in [5.74, 6) is 0.227. The second-order valence-corrected chi connectivity index (χ2v) is 6.13. The van der Waals surface area contributed by atoms with E-state index in [0.717, 1.165) is 5.56 Å². The molecule has 0 bridgehead atoms. The van der Waals surface area contributed by atoms with Crippen LogP contribution in [0.25, 0.3) is 0 Å². The Morgan fingerprint density at radius 3 is 2.87 bits per heavy atom. The number of carboxylic acid groups (broad SMARTS) is 1. The van der Waals surface area contributed by atoms with E-state index in [-0.39, 0.29) is 25.3 Å². The molecule has 2 aliphatic heterocycles. The van der Waals surface area contributed by atoms with Crippen LogP contribution in [0.3, 0.4) is 0 Å². The zero-order valence-electron chi connectivity index (χ0n) is 12.9.